The standard InChI is InChI=1S/C33H41F3N4O7.C33H39F3N4O6/c1-8-44-29(42)40(20-10-12-22(13-11-20)47-33(34,35)36)28-38-24-15-23(26(27(37)41)46-30(43)45-9-2)19(3)14-25(24)39(28)21-16-31(4,5)18-32(6,7)17-21;1-8-43-29(41)40(21-10-12-23(13-11-21)46-33(34,35)36)28-38-25-15-24(27(18-37)45-30(42)44-9-2)20(3)14-26(25)39(28)22-16-31(4,5)19-32(6,7)17-22/h10-15,21,26H,8-9,16-18H2,1-7H3,(H2,37,41);10-15,22,27H,8-9,16-17,19H2,1-7H3. The number of fused-ring (bicyclic) bond motifs is 2. The van der Waals surface area contributed by atoms with Crippen LogP contribution in [-0.4, -0.2) is 88.7 Å². The summed E-state index contributed by atoms with van der Waals surface area (Å²) >= 11 is 0. The van der Waals surface area contributed by atoms with Gasteiger partial charge < -0.3 is 52.8 Å². The summed E-state index contributed by atoms with van der Waals surface area (Å²) in [6, 6.07) is 18.2. The molecule has 2 aromatic heterocycles. The van der Waals surface area contributed by atoms with E-state index in [9.17, 15) is 55.6 Å². The van der Waals surface area contributed by atoms with Gasteiger partial charge in [0.15, 0.2) is 0 Å². The number of carbonyl (C=O) groups is 5. The Morgan fingerprint density at radius 3 is 1.25 bits per heavy atom. The second-order valence-corrected chi connectivity index (χ2v) is 26.1. The van der Waals surface area contributed by atoms with E-state index in [1.165, 1.54) is 34.1 Å². The van der Waals surface area contributed by atoms with E-state index >= 15 is 0 Å². The van der Waals surface area contributed by atoms with Gasteiger partial charge in [0, 0.05) is 23.2 Å². The first-order valence-corrected chi connectivity index (χ1v) is 30.4. The number of carbonyl (C=O) groups excluding carboxylic acids is 5. The molecule has 21 nitrogen and oxygen atoms in total. The van der Waals surface area contributed by atoms with E-state index in [0.29, 0.717) is 38.8 Å². The van der Waals surface area contributed by atoms with Crippen LogP contribution < -0.4 is 25.0 Å². The van der Waals surface area contributed by atoms with Crippen molar-refractivity contribution in [2.45, 2.75) is 172 Å². The van der Waals surface area contributed by atoms with Gasteiger partial charge in [-0.1, -0.05) is 55.4 Å². The van der Waals surface area contributed by atoms with Crippen molar-refractivity contribution in [1.29, 1.82) is 5.26 Å². The van der Waals surface area contributed by atoms with E-state index in [1.807, 2.05) is 21.3 Å². The van der Waals surface area contributed by atoms with Crippen LogP contribution in [0.25, 0.3) is 22.1 Å². The maximum Gasteiger partial charge on any atom is 0.573 e. The molecule has 3 amide bonds. The number of primary amides is 1. The molecule has 8 rings (SSSR count). The van der Waals surface area contributed by atoms with E-state index in [4.69, 9.17) is 44.1 Å². The normalized spacial score (nSPS) is 16.7. The molecule has 2 N–H and O–H groups in total. The van der Waals surface area contributed by atoms with E-state index in [2.05, 4.69) is 64.9 Å². The highest BCUT2D eigenvalue weighted by Gasteiger charge is 2.44. The van der Waals surface area contributed by atoms with Crippen LogP contribution in [0.5, 0.6) is 11.5 Å². The van der Waals surface area contributed by atoms with E-state index < -0.39 is 66.8 Å². The van der Waals surface area contributed by atoms with Crippen molar-refractivity contribution >= 4 is 75.7 Å². The summed E-state index contributed by atoms with van der Waals surface area (Å²) in [6.07, 6.45) is -11.3. The van der Waals surface area contributed by atoms with E-state index in [1.54, 1.807) is 59.7 Å². The molecule has 2 heterocycles. The number of nitriles is 1. The Morgan fingerprint density at radius 1 is 0.570 bits per heavy atom. The maximum atomic E-state index is 13.6. The minimum atomic E-state index is -4.90. The number of nitrogens with two attached hydrogens (primary N) is 1. The molecule has 93 heavy (non-hydrogen) atoms. The smallest absolute Gasteiger partial charge is 0.449 e. The molecule has 27 heteroatoms. The number of imidazole rings is 2. The van der Waals surface area contributed by atoms with Gasteiger partial charge in [0.1, 0.15) is 17.6 Å². The molecule has 6 aromatic rings. The molecule has 2 atom stereocenters. The molecule has 2 aliphatic carbocycles. The molecule has 2 fully saturated rings. The fourth-order valence-electron chi connectivity index (χ4n) is 13.5. The van der Waals surface area contributed by atoms with Crippen molar-refractivity contribution in [2.75, 3.05) is 36.2 Å². The number of rotatable bonds is 17. The molecule has 0 saturated heterocycles. The largest absolute Gasteiger partial charge is 0.573 e. The number of nitrogens with zero attached hydrogens (tertiary/aromatic N) is 7. The molecule has 504 valence electrons. The first kappa shape index (κ1) is 71.5. The molecule has 0 bridgehead atoms. The second kappa shape index (κ2) is 28.1. The third kappa shape index (κ3) is 17.8. The van der Waals surface area contributed by atoms with Crippen LogP contribution in [0.1, 0.15) is 168 Å². The van der Waals surface area contributed by atoms with Crippen LogP contribution in [0, 0.1) is 46.8 Å². The Kier molecular flexibility index (Phi) is 21.6. The first-order chi connectivity index (χ1) is 43.3. The predicted octanol–water partition coefficient (Wildman–Crippen LogP) is 17.1. The lowest BCUT2D eigenvalue weighted by Crippen LogP contribution is -2.37. The summed E-state index contributed by atoms with van der Waals surface area (Å²) in [6.45, 7) is 27.6. The second-order valence-electron chi connectivity index (χ2n) is 26.1. The summed E-state index contributed by atoms with van der Waals surface area (Å²) < 4.78 is 120. The van der Waals surface area contributed by atoms with Gasteiger partial charge in [0.05, 0.1) is 59.9 Å². The Hall–Kier alpha value is -8.96. The predicted molar refractivity (Wildman–Crippen MR) is 331 cm³/mol. The first-order valence-electron chi connectivity index (χ1n) is 30.4. The third-order valence-corrected chi connectivity index (χ3v) is 15.8. The van der Waals surface area contributed by atoms with Crippen molar-refractivity contribution in [2.24, 2.45) is 27.4 Å². The molecule has 0 spiro atoms. The monoisotopic (exact) mass is 1310 g/mol. The highest BCUT2D eigenvalue weighted by molar-refractivity contribution is 5.98. The van der Waals surface area contributed by atoms with Crippen molar-refractivity contribution in [3.05, 3.63) is 95.1 Å². The van der Waals surface area contributed by atoms with Crippen LogP contribution in [0.2, 0.25) is 0 Å². The summed E-state index contributed by atoms with van der Waals surface area (Å²) in [5, 5.41) is 9.88. The van der Waals surface area contributed by atoms with Gasteiger partial charge in [0.25, 0.3) is 5.91 Å². The van der Waals surface area contributed by atoms with Crippen LogP contribution in [0.4, 0.5) is 68.8 Å². The van der Waals surface area contributed by atoms with Crippen molar-refractivity contribution in [1.82, 2.24) is 19.1 Å². The van der Waals surface area contributed by atoms with Gasteiger partial charge in [-0.15, -0.1) is 26.3 Å². The van der Waals surface area contributed by atoms with Gasteiger partial charge in [-0.2, -0.15) is 5.26 Å². The minimum Gasteiger partial charge on any atom is -0.449 e. The van der Waals surface area contributed by atoms with Crippen LogP contribution >= 0.6 is 0 Å². The highest BCUT2D eigenvalue weighted by atomic mass is 19.4. The molecule has 4 aromatic carbocycles. The van der Waals surface area contributed by atoms with Gasteiger partial charge in [-0.25, -0.2) is 38.9 Å². The Balaban J connectivity index is 0.000000264. The molecule has 0 aliphatic heterocycles. The lowest BCUT2D eigenvalue weighted by molar-refractivity contribution is -0.275. The molecular weight excluding hydrogens is 1230 g/mol. The average molecular weight is 1310 g/mol. The molecule has 2 unspecified atom stereocenters. The Morgan fingerprint density at radius 2 is 0.914 bits per heavy atom. The lowest BCUT2D eigenvalue weighted by atomic mass is 9.63. The van der Waals surface area contributed by atoms with Gasteiger partial charge in [0.2, 0.25) is 24.1 Å². The van der Waals surface area contributed by atoms with Crippen molar-refractivity contribution in [3.8, 4) is 17.6 Å². The number of aromatic nitrogens is 4. The molecular formula is C66H80F6N8O13. The number of halogens is 6. The summed E-state index contributed by atoms with van der Waals surface area (Å²) in [5.41, 5.74) is 9.61. The fraction of sp³-hybridized carbons (Fsp3) is 0.515. The van der Waals surface area contributed by atoms with E-state index in [-0.39, 0.29) is 89.0 Å². The van der Waals surface area contributed by atoms with Crippen molar-refractivity contribution in [3.63, 3.8) is 0 Å². The zero-order chi connectivity index (χ0) is 68.9. The summed E-state index contributed by atoms with van der Waals surface area (Å²) in [7, 11) is 0. The topological polar surface area (TPSA) is 251 Å². The number of alkyl halides is 6. The quantitative estimate of drug-likeness (QED) is 0.0506. The highest BCUT2D eigenvalue weighted by Crippen LogP contribution is 2.54. The Labute approximate surface area is 535 Å². The number of hydrogen-bond donors (Lipinski definition) is 1. The lowest BCUT2D eigenvalue weighted by Gasteiger charge is -2.46. The fourth-order valence-corrected chi connectivity index (χ4v) is 13.5. The van der Waals surface area contributed by atoms with E-state index in [0.717, 1.165) is 62.8 Å². The molecule has 0 radical (unpaired) electrons. The number of amides is 3. The zero-order valence-corrected chi connectivity index (χ0v) is 54.6. The van der Waals surface area contributed by atoms with Gasteiger partial charge >= 0.3 is 37.2 Å². The maximum absolute atomic E-state index is 13.6. The van der Waals surface area contributed by atoms with Crippen LogP contribution in [0.15, 0.2) is 72.8 Å². The number of benzene rings is 4. The summed E-state index contributed by atoms with van der Waals surface area (Å²) in [4.78, 5) is 76.2. The average Bonchev–Trinajstić information content (AvgIpc) is 1.64. The minimum absolute atomic E-state index is 0.0169. The third-order valence-electron chi connectivity index (χ3n) is 15.8. The molecule has 2 aliphatic rings. The van der Waals surface area contributed by atoms with Crippen LogP contribution in [0.3, 0.4) is 0 Å². The summed E-state index contributed by atoms with van der Waals surface area (Å²) in [5.74, 6) is -1.50. The number of anilines is 4. The SMILES string of the molecule is CCOC(=O)OC(C#N)c1cc2nc(N(C(=O)OCC)c3ccc(OC(F)(F)F)cc3)n(C3CC(C)(C)CC(C)(C)C3)c2cc1C.CCOC(=O)OC(C(N)=O)c1cc2nc(N(C(=O)OCC)c3ccc(OC(F)(F)F)cc3)n(C3CC(C)(C)CC(C)(C)C3)c2cc1C. The van der Waals surface area contributed by atoms with Gasteiger partial charge in [-0.3, -0.25) is 4.79 Å². The zero-order valence-electron chi connectivity index (χ0n) is 54.6. The Bertz CT molecular complexity index is 3710. The van der Waals surface area contributed by atoms with Crippen molar-refractivity contribution < 1.29 is 88.2 Å². The number of hydrogen-bond acceptors (Lipinski definition) is 16. The molecule has 2 saturated carbocycles. The van der Waals surface area contributed by atoms with Crippen LogP contribution in [-0.2, 0) is 33.2 Å². The van der Waals surface area contributed by atoms with Gasteiger partial charge in [-0.05, 0) is 186 Å². The number of aryl methyl sites for hydroxylation is 2. The number of ether oxygens (including phenoxy) is 8.